The predicted molar refractivity (Wildman–Crippen MR) is 87.8 cm³/mol. The first kappa shape index (κ1) is 18.9. The lowest BCUT2D eigenvalue weighted by Gasteiger charge is -2.29. The Morgan fingerprint density at radius 2 is 1.33 bits per heavy atom. The Bertz CT molecular complexity index is 402. The molecule has 2 atom stereocenters. The first-order chi connectivity index (χ1) is 11.5. The second kappa shape index (κ2) is 9.74. The van der Waals surface area contributed by atoms with E-state index in [0.29, 0.717) is 13.0 Å². The van der Waals surface area contributed by atoms with Gasteiger partial charge in [0, 0.05) is 6.42 Å². The normalized spacial score (nSPS) is 25.1. The molecule has 0 aromatic rings. The lowest BCUT2D eigenvalue weighted by atomic mass is 9.95. The molecule has 0 saturated heterocycles. The molecule has 0 radical (unpaired) electrons. The van der Waals surface area contributed by atoms with E-state index in [1.807, 2.05) is 13.8 Å². The molecule has 24 heavy (non-hydrogen) atoms. The van der Waals surface area contributed by atoms with E-state index in [4.69, 9.17) is 18.9 Å². The SMILES string of the molecule is CC(C)COC(=O)OC1CCCC(OC(=O)OC2CCCCC2)C1. The van der Waals surface area contributed by atoms with E-state index in [1.165, 1.54) is 6.42 Å². The van der Waals surface area contributed by atoms with Gasteiger partial charge >= 0.3 is 12.3 Å². The van der Waals surface area contributed by atoms with Gasteiger partial charge in [0.25, 0.3) is 0 Å². The van der Waals surface area contributed by atoms with E-state index < -0.39 is 12.3 Å². The summed E-state index contributed by atoms with van der Waals surface area (Å²) in [4.78, 5) is 23.5. The Hall–Kier alpha value is -1.46. The van der Waals surface area contributed by atoms with Crippen LogP contribution in [0.25, 0.3) is 0 Å². The summed E-state index contributed by atoms with van der Waals surface area (Å²) in [5.74, 6) is 0.273. The van der Waals surface area contributed by atoms with Crippen LogP contribution in [0.4, 0.5) is 9.59 Å². The molecule has 0 N–H and O–H groups in total. The summed E-state index contributed by atoms with van der Waals surface area (Å²) in [5, 5.41) is 0. The summed E-state index contributed by atoms with van der Waals surface area (Å²) in [6.45, 7) is 4.28. The Kier molecular flexibility index (Phi) is 7.66. The van der Waals surface area contributed by atoms with Crippen LogP contribution in [0.1, 0.15) is 71.6 Å². The molecule has 6 heteroatoms. The molecular weight excluding hydrogens is 312 g/mol. The summed E-state index contributed by atoms with van der Waals surface area (Å²) in [6, 6.07) is 0. The van der Waals surface area contributed by atoms with Crippen LogP contribution in [0, 0.1) is 5.92 Å². The largest absolute Gasteiger partial charge is 0.508 e. The molecule has 0 bridgehead atoms. The monoisotopic (exact) mass is 342 g/mol. The van der Waals surface area contributed by atoms with E-state index in [2.05, 4.69) is 0 Å². The zero-order valence-corrected chi connectivity index (χ0v) is 14.8. The maximum Gasteiger partial charge on any atom is 0.508 e. The zero-order valence-electron chi connectivity index (χ0n) is 14.8. The van der Waals surface area contributed by atoms with Crippen LogP contribution >= 0.6 is 0 Å². The van der Waals surface area contributed by atoms with Gasteiger partial charge in [-0.2, -0.15) is 0 Å². The van der Waals surface area contributed by atoms with Gasteiger partial charge in [-0.05, 0) is 50.9 Å². The average molecular weight is 342 g/mol. The minimum absolute atomic E-state index is 0.00658. The molecule has 138 valence electrons. The lowest BCUT2D eigenvalue weighted by Crippen LogP contribution is -2.33. The maximum atomic E-state index is 11.9. The Morgan fingerprint density at radius 3 is 1.96 bits per heavy atom. The number of carbonyl (C=O) groups excluding carboxylic acids is 2. The molecular formula is C18H30O6. The zero-order chi connectivity index (χ0) is 17.4. The number of hydrogen-bond donors (Lipinski definition) is 0. The third-order valence-corrected chi connectivity index (χ3v) is 4.45. The van der Waals surface area contributed by atoms with Gasteiger partial charge in [0.2, 0.25) is 0 Å². The van der Waals surface area contributed by atoms with Gasteiger partial charge in [0.05, 0.1) is 6.61 Å². The van der Waals surface area contributed by atoms with Crippen molar-refractivity contribution in [1.82, 2.24) is 0 Å². The molecule has 6 nitrogen and oxygen atoms in total. The molecule has 0 aliphatic heterocycles. The number of ether oxygens (including phenoxy) is 4. The molecule has 2 aliphatic carbocycles. The third kappa shape index (κ3) is 6.97. The van der Waals surface area contributed by atoms with E-state index in [9.17, 15) is 9.59 Å². The summed E-state index contributed by atoms with van der Waals surface area (Å²) in [5.41, 5.74) is 0. The van der Waals surface area contributed by atoms with Crippen LogP contribution in [0.5, 0.6) is 0 Å². The van der Waals surface area contributed by atoms with Gasteiger partial charge in [-0.25, -0.2) is 9.59 Å². The first-order valence-electron chi connectivity index (χ1n) is 9.23. The molecule has 0 aromatic heterocycles. The Balaban J connectivity index is 1.68. The first-order valence-corrected chi connectivity index (χ1v) is 9.23. The van der Waals surface area contributed by atoms with Crippen molar-refractivity contribution in [1.29, 1.82) is 0 Å². The van der Waals surface area contributed by atoms with Crippen molar-refractivity contribution in [2.45, 2.75) is 89.9 Å². The van der Waals surface area contributed by atoms with Crippen LogP contribution in [-0.4, -0.2) is 37.2 Å². The van der Waals surface area contributed by atoms with Crippen molar-refractivity contribution in [3.8, 4) is 0 Å². The van der Waals surface area contributed by atoms with Crippen LogP contribution in [0.3, 0.4) is 0 Å². The topological polar surface area (TPSA) is 71.1 Å². The fourth-order valence-corrected chi connectivity index (χ4v) is 3.20. The molecule has 0 aromatic carbocycles. The molecule has 0 amide bonds. The maximum absolute atomic E-state index is 11.9. The summed E-state index contributed by atoms with van der Waals surface area (Å²) < 4.78 is 21.1. The quantitative estimate of drug-likeness (QED) is 0.680. The average Bonchev–Trinajstić information content (AvgIpc) is 2.54. The van der Waals surface area contributed by atoms with Gasteiger partial charge in [-0.15, -0.1) is 0 Å². The second-order valence-electron chi connectivity index (χ2n) is 7.23. The Morgan fingerprint density at radius 1 is 0.792 bits per heavy atom. The highest BCUT2D eigenvalue weighted by Crippen LogP contribution is 2.26. The summed E-state index contributed by atoms with van der Waals surface area (Å²) in [7, 11) is 0. The van der Waals surface area contributed by atoms with Crippen LogP contribution < -0.4 is 0 Å². The minimum Gasteiger partial charge on any atom is -0.434 e. The molecule has 2 aliphatic rings. The highest BCUT2D eigenvalue weighted by Gasteiger charge is 2.29. The molecule has 2 unspecified atom stereocenters. The standard InChI is InChI=1S/C18H30O6/c1-13(2)12-21-17(19)23-15-9-6-10-16(11-15)24-18(20)22-14-7-4-3-5-8-14/h13-16H,3-12H2,1-2H3. The fourth-order valence-electron chi connectivity index (χ4n) is 3.20. The number of rotatable bonds is 5. The summed E-state index contributed by atoms with van der Waals surface area (Å²) >= 11 is 0. The Labute approximate surface area is 144 Å². The fraction of sp³-hybridized carbons (Fsp3) is 0.889. The van der Waals surface area contributed by atoms with Crippen molar-refractivity contribution < 1.29 is 28.5 Å². The summed E-state index contributed by atoms with van der Waals surface area (Å²) in [6.07, 6.45) is 6.44. The van der Waals surface area contributed by atoms with E-state index in [0.717, 1.165) is 44.9 Å². The van der Waals surface area contributed by atoms with Crippen LogP contribution in [0.2, 0.25) is 0 Å². The van der Waals surface area contributed by atoms with Gasteiger partial charge in [-0.3, -0.25) is 0 Å². The van der Waals surface area contributed by atoms with Crippen molar-refractivity contribution in [2.24, 2.45) is 5.92 Å². The second-order valence-corrected chi connectivity index (χ2v) is 7.23. The number of carbonyl (C=O) groups is 2. The highest BCUT2D eigenvalue weighted by atomic mass is 16.7. The lowest BCUT2D eigenvalue weighted by molar-refractivity contribution is -0.0476. The van der Waals surface area contributed by atoms with Crippen molar-refractivity contribution in [3.63, 3.8) is 0 Å². The van der Waals surface area contributed by atoms with Crippen LogP contribution in [0.15, 0.2) is 0 Å². The van der Waals surface area contributed by atoms with E-state index in [1.54, 1.807) is 0 Å². The molecule has 2 rings (SSSR count). The minimum atomic E-state index is -0.640. The van der Waals surface area contributed by atoms with Crippen molar-refractivity contribution in [3.05, 3.63) is 0 Å². The van der Waals surface area contributed by atoms with Gasteiger partial charge in [0.15, 0.2) is 0 Å². The van der Waals surface area contributed by atoms with Crippen molar-refractivity contribution in [2.75, 3.05) is 6.61 Å². The van der Waals surface area contributed by atoms with Gasteiger partial charge in [-0.1, -0.05) is 20.3 Å². The predicted octanol–water partition coefficient (Wildman–Crippen LogP) is 4.59. The number of hydrogen-bond acceptors (Lipinski definition) is 6. The molecule has 0 heterocycles. The molecule has 2 saturated carbocycles. The van der Waals surface area contributed by atoms with Gasteiger partial charge in [0.1, 0.15) is 18.3 Å². The smallest absolute Gasteiger partial charge is 0.434 e. The molecule has 0 spiro atoms. The van der Waals surface area contributed by atoms with Crippen LogP contribution in [-0.2, 0) is 18.9 Å². The third-order valence-electron chi connectivity index (χ3n) is 4.45. The molecule has 2 fully saturated rings. The van der Waals surface area contributed by atoms with Crippen molar-refractivity contribution >= 4 is 12.3 Å². The highest BCUT2D eigenvalue weighted by molar-refractivity contribution is 5.61. The van der Waals surface area contributed by atoms with E-state index >= 15 is 0 Å². The van der Waals surface area contributed by atoms with E-state index in [-0.39, 0.29) is 24.2 Å². The van der Waals surface area contributed by atoms with Gasteiger partial charge < -0.3 is 18.9 Å².